The summed E-state index contributed by atoms with van der Waals surface area (Å²) in [6.45, 7) is 5.48. The van der Waals surface area contributed by atoms with Gasteiger partial charge in [0.2, 0.25) is 0 Å². The van der Waals surface area contributed by atoms with Gasteiger partial charge in [0.15, 0.2) is 0 Å². The van der Waals surface area contributed by atoms with Gasteiger partial charge in [0.05, 0.1) is 0 Å². The van der Waals surface area contributed by atoms with Crippen LogP contribution in [0.25, 0.3) is 0 Å². The highest BCUT2D eigenvalue weighted by Gasteiger charge is 2.37. The summed E-state index contributed by atoms with van der Waals surface area (Å²) >= 11 is 1.62. The number of carbonyl (C=O) groups excluding carboxylic acids is 1. The number of aliphatic carboxylic acids is 1. The lowest BCUT2D eigenvalue weighted by molar-refractivity contribution is -0.141. The standard InChI is InChI=1S/C15H26N2O3S/c1-11(2)9-17(12-5-3-4-6-12)15(20)16-7-8-21-10-13(16)14(18)19/h11-13H,3-10H2,1-2H3,(H,18,19). The van der Waals surface area contributed by atoms with Crippen LogP contribution in [0.15, 0.2) is 0 Å². The molecule has 1 unspecified atom stereocenters. The van der Waals surface area contributed by atoms with Gasteiger partial charge in [-0.3, -0.25) is 0 Å². The third-order valence-electron chi connectivity index (χ3n) is 4.23. The van der Waals surface area contributed by atoms with Crippen LogP contribution >= 0.6 is 11.8 Å². The van der Waals surface area contributed by atoms with Gasteiger partial charge in [0, 0.05) is 30.6 Å². The molecule has 1 saturated heterocycles. The molecule has 1 atom stereocenters. The van der Waals surface area contributed by atoms with Crippen LogP contribution in [0, 0.1) is 5.92 Å². The van der Waals surface area contributed by atoms with Crippen LogP contribution in [-0.2, 0) is 4.79 Å². The molecule has 120 valence electrons. The first-order chi connectivity index (χ1) is 10.0. The van der Waals surface area contributed by atoms with Gasteiger partial charge in [-0.2, -0.15) is 11.8 Å². The van der Waals surface area contributed by atoms with E-state index in [1.807, 2.05) is 4.90 Å². The van der Waals surface area contributed by atoms with Gasteiger partial charge in [0.1, 0.15) is 6.04 Å². The maximum absolute atomic E-state index is 12.9. The minimum atomic E-state index is -0.883. The summed E-state index contributed by atoms with van der Waals surface area (Å²) in [6, 6.07) is -0.445. The monoisotopic (exact) mass is 314 g/mol. The Kier molecular flexibility index (Phi) is 5.79. The summed E-state index contributed by atoms with van der Waals surface area (Å²) in [6.07, 6.45) is 4.45. The molecule has 0 aromatic heterocycles. The zero-order valence-electron chi connectivity index (χ0n) is 13.0. The van der Waals surface area contributed by atoms with Crippen LogP contribution in [0.2, 0.25) is 0 Å². The summed E-state index contributed by atoms with van der Waals surface area (Å²) < 4.78 is 0. The molecule has 0 aromatic rings. The lowest BCUT2D eigenvalue weighted by Crippen LogP contribution is -2.57. The van der Waals surface area contributed by atoms with E-state index < -0.39 is 12.0 Å². The quantitative estimate of drug-likeness (QED) is 0.866. The lowest BCUT2D eigenvalue weighted by atomic mass is 10.1. The van der Waals surface area contributed by atoms with E-state index in [2.05, 4.69) is 13.8 Å². The Morgan fingerprint density at radius 1 is 1.33 bits per heavy atom. The third kappa shape index (κ3) is 4.05. The molecule has 1 saturated carbocycles. The Labute approximate surface area is 131 Å². The van der Waals surface area contributed by atoms with Crippen molar-refractivity contribution in [3.8, 4) is 0 Å². The second-order valence-corrected chi connectivity index (χ2v) is 7.54. The molecule has 5 nitrogen and oxygen atoms in total. The minimum Gasteiger partial charge on any atom is -0.480 e. The zero-order chi connectivity index (χ0) is 15.4. The molecule has 6 heteroatoms. The van der Waals surface area contributed by atoms with E-state index in [9.17, 15) is 14.7 Å². The van der Waals surface area contributed by atoms with E-state index in [4.69, 9.17) is 0 Å². The van der Waals surface area contributed by atoms with E-state index >= 15 is 0 Å². The molecule has 21 heavy (non-hydrogen) atoms. The maximum Gasteiger partial charge on any atom is 0.327 e. The predicted octanol–water partition coefficient (Wildman–Crippen LogP) is 2.51. The van der Waals surface area contributed by atoms with E-state index in [0.29, 0.717) is 24.3 Å². The first kappa shape index (κ1) is 16.5. The highest BCUT2D eigenvalue weighted by atomic mass is 32.2. The van der Waals surface area contributed by atoms with Gasteiger partial charge in [-0.15, -0.1) is 0 Å². The van der Waals surface area contributed by atoms with Crippen LogP contribution < -0.4 is 0 Å². The van der Waals surface area contributed by atoms with Crippen LogP contribution in [0.5, 0.6) is 0 Å². The van der Waals surface area contributed by atoms with Crippen molar-refractivity contribution in [2.75, 3.05) is 24.6 Å². The number of hydrogen-bond acceptors (Lipinski definition) is 3. The summed E-state index contributed by atoms with van der Waals surface area (Å²) in [5.41, 5.74) is 0. The Hall–Kier alpha value is -0.910. The molecule has 1 N–H and O–H groups in total. The van der Waals surface area contributed by atoms with Crippen molar-refractivity contribution in [3.63, 3.8) is 0 Å². The molecule has 1 aliphatic heterocycles. The van der Waals surface area contributed by atoms with Crippen LogP contribution in [0.1, 0.15) is 39.5 Å². The fourth-order valence-electron chi connectivity index (χ4n) is 3.19. The topological polar surface area (TPSA) is 60.9 Å². The summed E-state index contributed by atoms with van der Waals surface area (Å²) in [5.74, 6) is 0.847. The van der Waals surface area contributed by atoms with Gasteiger partial charge in [-0.1, -0.05) is 26.7 Å². The molecule has 2 amide bonds. The largest absolute Gasteiger partial charge is 0.480 e. The second kappa shape index (κ2) is 7.38. The molecular weight excluding hydrogens is 288 g/mol. The fourth-order valence-corrected chi connectivity index (χ4v) is 4.23. The highest BCUT2D eigenvalue weighted by molar-refractivity contribution is 7.99. The van der Waals surface area contributed by atoms with Crippen molar-refractivity contribution in [2.45, 2.75) is 51.6 Å². The van der Waals surface area contributed by atoms with Gasteiger partial charge in [-0.25, -0.2) is 9.59 Å². The minimum absolute atomic E-state index is 0.0664. The third-order valence-corrected chi connectivity index (χ3v) is 5.25. The maximum atomic E-state index is 12.9. The van der Waals surface area contributed by atoms with Crippen molar-refractivity contribution in [2.24, 2.45) is 5.92 Å². The Morgan fingerprint density at radius 3 is 2.57 bits per heavy atom. The molecule has 0 aromatic carbocycles. The van der Waals surface area contributed by atoms with Gasteiger partial charge in [-0.05, 0) is 18.8 Å². The first-order valence-electron chi connectivity index (χ1n) is 7.88. The summed E-state index contributed by atoms with van der Waals surface area (Å²) in [4.78, 5) is 27.9. The number of thioether (sulfide) groups is 1. The molecule has 0 spiro atoms. The Balaban J connectivity index is 2.13. The molecular formula is C15H26N2O3S. The van der Waals surface area contributed by atoms with E-state index in [1.165, 1.54) is 12.8 Å². The van der Waals surface area contributed by atoms with E-state index in [0.717, 1.165) is 25.1 Å². The lowest BCUT2D eigenvalue weighted by Gasteiger charge is -2.39. The molecule has 2 aliphatic rings. The first-order valence-corrected chi connectivity index (χ1v) is 9.04. The Bertz CT molecular complexity index is 383. The number of carbonyl (C=O) groups is 2. The summed E-state index contributed by atoms with van der Waals surface area (Å²) in [5, 5.41) is 9.36. The smallest absolute Gasteiger partial charge is 0.327 e. The normalized spacial score (nSPS) is 23.6. The molecule has 0 radical (unpaired) electrons. The number of carboxylic acids is 1. The molecule has 0 bridgehead atoms. The van der Waals surface area contributed by atoms with Crippen molar-refractivity contribution in [3.05, 3.63) is 0 Å². The number of nitrogens with zero attached hydrogens (tertiary/aromatic N) is 2. The van der Waals surface area contributed by atoms with Crippen molar-refractivity contribution in [1.82, 2.24) is 9.80 Å². The fraction of sp³-hybridized carbons (Fsp3) is 0.867. The molecule has 1 aliphatic carbocycles. The van der Waals surface area contributed by atoms with Crippen molar-refractivity contribution < 1.29 is 14.7 Å². The van der Waals surface area contributed by atoms with Crippen molar-refractivity contribution >= 4 is 23.8 Å². The average molecular weight is 314 g/mol. The number of rotatable bonds is 4. The van der Waals surface area contributed by atoms with E-state index in [1.54, 1.807) is 16.7 Å². The van der Waals surface area contributed by atoms with Crippen molar-refractivity contribution in [1.29, 1.82) is 0 Å². The van der Waals surface area contributed by atoms with Gasteiger partial charge >= 0.3 is 12.0 Å². The number of carboxylic acid groups (broad SMARTS) is 1. The predicted molar refractivity (Wildman–Crippen MR) is 84.7 cm³/mol. The SMILES string of the molecule is CC(C)CN(C(=O)N1CCSCC1C(=O)O)C1CCCC1. The van der Waals surface area contributed by atoms with E-state index in [-0.39, 0.29) is 6.03 Å². The zero-order valence-corrected chi connectivity index (χ0v) is 13.8. The second-order valence-electron chi connectivity index (χ2n) is 6.39. The van der Waals surface area contributed by atoms with Crippen LogP contribution in [0.4, 0.5) is 4.79 Å². The number of amides is 2. The molecule has 1 heterocycles. The van der Waals surface area contributed by atoms with Crippen LogP contribution in [0.3, 0.4) is 0 Å². The van der Waals surface area contributed by atoms with Gasteiger partial charge in [0.25, 0.3) is 0 Å². The number of urea groups is 1. The average Bonchev–Trinajstić information content (AvgIpc) is 2.97. The molecule has 2 fully saturated rings. The summed E-state index contributed by atoms with van der Waals surface area (Å²) in [7, 11) is 0. The van der Waals surface area contributed by atoms with Gasteiger partial charge < -0.3 is 14.9 Å². The highest BCUT2D eigenvalue weighted by Crippen LogP contribution is 2.27. The number of hydrogen-bond donors (Lipinski definition) is 1. The Morgan fingerprint density at radius 2 is 2.00 bits per heavy atom. The molecule has 2 rings (SSSR count). The van der Waals surface area contributed by atoms with Crippen LogP contribution in [-0.4, -0.2) is 63.6 Å².